The van der Waals surface area contributed by atoms with Gasteiger partial charge < -0.3 is 9.88 Å². The van der Waals surface area contributed by atoms with E-state index >= 15 is 0 Å². The molecule has 1 saturated heterocycles. The number of para-hydroxylation sites is 2. The Morgan fingerprint density at radius 1 is 1.19 bits per heavy atom. The van der Waals surface area contributed by atoms with Crippen molar-refractivity contribution in [3.05, 3.63) is 24.3 Å². The molecule has 1 aliphatic carbocycles. The van der Waals surface area contributed by atoms with E-state index in [-0.39, 0.29) is 23.7 Å². The van der Waals surface area contributed by atoms with Crippen LogP contribution in [0.1, 0.15) is 51.5 Å². The van der Waals surface area contributed by atoms with Gasteiger partial charge >= 0.3 is 0 Å². The summed E-state index contributed by atoms with van der Waals surface area (Å²) in [6, 6.07) is 8.11. The minimum absolute atomic E-state index is 0.0667. The lowest BCUT2D eigenvalue weighted by Gasteiger charge is -2.25. The predicted octanol–water partition coefficient (Wildman–Crippen LogP) is 3.05. The fraction of sp³-hybridized carbons (Fsp3) is 0.550. The van der Waals surface area contributed by atoms with Crippen LogP contribution in [0.4, 0.5) is 5.95 Å². The molecular formula is C20H26N4O2. The van der Waals surface area contributed by atoms with Crippen LogP contribution in [0.2, 0.25) is 0 Å². The average Bonchev–Trinajstić information content (AvgIpc) is 3.27. The van der Waals surface area contributed by atoms with Crippen LogP contribution < -0.4 is 10.6 Å². The summed E-state index contributed by atoms with van der Waals surface area (Å²) in [5.41, 5.74) is 1.99. The van der Waals surface area contributed by atoms with Gasteiger partial charge in [0.15, 0.2) is 0 Å². The first-order valence-corrected chi connectivity index (χ1v) is 9.65. The molecule has 2 N–H and O–H groups in total. The molecule has 1 aromatic heterocycles. The van der Waals surface area contributed by atoms with Gasteiger partial charge in [-0.1, -0.05) is 31.4 Å². The molecule has 0 bridgehead atoms. The third-order valence-corrected chi connectivity index (χ3v) is 5.79. The van der Waals surface area contributed by atoms with E-state index in [2.05, 4.69) is 26.3 Å². The summed E-state index contributed by atoms with van der Waals surface area (Å²) in [5.74, 6) is 0.613. The van der Waals surface area contributed by atoms with Crippen molar-refractivity contribution in [1.29, 1.82) is 0 Å². The molecule has 2 heterocycles. The molecule has 1 saturated carbocycles. The summed E-state index contributed by atoms with van der Waals surface area (Å²) in [5, 5.41) is 6.21. The van der Waals surface area contributed by atoms with Crippen LogP contribution >= 0.6 is 0 Å². The minimum atomic E-state index is -0.330. The number of carbonyl (C=O) groups excluding carboxylic acids is 2. The number of anilines is 1. The monoisotopic (exact) mass is 354 g/mol. The van der Waals surface area contributed by atoms with Gasteiger partial charge in [0.1, 0.15) is 5.78 Å². The van der Waals surface area contributed by atoms with Crippen molar-refractivity contribution in [3.63, 3.8) is 0 Å². The number of carbonyl (C=O) groups is 2. The summed E-state index contributed by atoms with van der Waals surface area (Å²) < 4.78 is 2.21. The zero-order valence-corrected chi connectivity index (χ0v) is 15.2. The molecule has 2 fully saturated rings. The Balaban J connectivity index is 1.59. The maximum Gasteiger partial charge on any atom is 0.243 e. The first kappa shape index (κ1) is 17.2. The fourth-order valence-electron chi connectivity index (χ4n) is 4.28. The Hall–Kier alpha value is -2.21. The average molecular weight is 354 g/mol. The van der Waals surface area contributed by atoms with Crippen LogP contribution in [-0.4, -0.2) is 33.8 Å². The van der Waals surface area contributed by atoms with Gasteiger partial charge in [-0.2, -0.15) is 0 Å². The number of rotatable bonds is 4. The molecule has 6 heteroatoms. The zero-order valence-electron chi connectivity index (χ0n) is 15.2. The largest absolute Gasteiger partial charge is 0.307 e. The van der Waals surface area contributed by atoms with E-state index in [1.165, 1.54) is 19.3 Å². The molecule has 0 spiro atoms. The van der Waals surface area contributed by atoms with Crippen molar-refractivity contribution in [2.24, 2.45) is 5.92 Å². The predicted molar refractivity (Wildman–Crippen MR) is 101 cm³/mol. The van der Waals surface area contributed by atoms with Crippen LogP contribution in [-0.2, 0) is 9.59 Å². The number of fused-ring (bicyclic) bond motifs is 1. The van der Waals surface area contributed by atoms with Crippen LogP contribution in [0.15, 0.2) is 24.3 Å². The van der Waals surface area contributed by atoms with Crippen molar-refractivity contribution in [3.8, 4) is 0 Å². The molecule has 2 unspecified atom stereocenters. The molecule has 2 aliphatic rings. The molecule has 138 valence electrons. The van der Waals surface area contributed by atoms with Crippen LogP contribution in [0.5, 0.6) is 0 Å². The molecule has 2 atom stereocenters. The highest BCUT2D eigenvalue weighted by atomic mass is 16.2. The number of Topliss-reactive ketones (excluding diaryl/α,β-unsaturated/α-hetero) is 1. The first-order valence-electron chi connectivity index (χ1n) is 9.65. The minimum Gasteiger partial charge on any atom is -0.307 e. The summed E-state index contributed by atoms with van der Waals surface area (Å²) in [6.07, 6.45) is 6.52. The number of amides is 1. The molecule has 26 heavy (non-hydrogen) atoms. The number of hydrogen-bond acceptors (Lipinski definition) is 4. The van der Waals surface area contributed by atoms with Crippen molar-refractivity contribution in [1.82, 2.24) is 14.9 Å². The highest BCUT2D eigenvalue weighted by Crippen LogP contribution is 2.34. The van der Waals surface area contributed by atoms with Gasteiger partial charge in [-0.25, -0.2) is 4.98 Å². The number of benzene rings is 1. The highest BCUT2D eigenvalue weighted by molar-refractivity contribution is 5.96. The van der Waals surface area contributed by atoms with Gasteiger partial charge in [0.25, 0.3) is 0 Å². The van der Waals surface area contributed by atoms with Crippen molar-refractivity contribution >= 4 is 28.7 Å². The molecule has 1 aromatic carbocycles. The van der Waals surface area contributed by atoms with E-state index in [0.717, 1.165) is 23.9 Å². The van der Waals surface area contributed by atoms with Crippen molar-refractivity contribution in [2.45, 2.75) is 57.5 Å². The molecule has 0 radical (unpaired) electrons. The lowest BCUT2D eigenvalue weighted by molar-refractivity contribution is -0.120. The second kappa shape index (κ2) is 7.19. The number of imidazole rings is 1. The van der Waals surface area contributed by atoms with Crippen LogP contribution in [0.3, 0.4) is 0 Å². The standard InChI is InChI=1S/C20H26N4O2/c1-13(25)14-11-17(21-12-14)19(26)23-20-22-16-9-5-6-10-18(16)24(20)15-7-3-2-4-8-15/h5-6,9-10,14-15,17,21H,2-4,7-8,11-12H2,1H3,(H,22,23,26). The lowest BCUT2D eigenvalue weighted by Crippen LogP contribution is -2.36. The third-order valence-electron chi connectivity index (χ3n) is 5.79. The molecule has 2 aromatic rings. The molecule has 6 nitrogen and oxygen atoms in total. The normalized spacial score (nSPS) is 24.0. The Bertz CT molecular complexity index is 822. The molecule has 1 aliphatic heterocycles. The summed E-state index contributed by atoms with van der Waals surface area (Å²) >= 11 is 0. The van der Waals surface area contributed by atoms with E-state index in [1.807, 2.05) is 18.2 Å². The van der Waals surface area contributed by atoms with E-state index in [4.69, 9.17) is 0 Å². The zero-order chi connectivity index (χ0) is 18.1. The summed E-state index contributed by atoms with van der Waals surface area (Å²) in [4.78, 5) is 29.0. The van der Waals surface area contributed by atoms with Gasteiger partial charge in [0, 0.05) is 18.5 Å². The topological polar surface area (TPSA) is 76.0 Å². The smallest absolute Gasteiger partial charge is 0.243 e. The Morgan fingerprint density at radius 3 is 2.69 bits per heavy atom. The maximum atomic E-state index is 12.8. The second-order valence-electron chi connectivity index (χ2n) is 7.58. The number of nitrogens with one attached hydrogen (secondary N) is 2. The van der Waals surface area contributed by atoms with Gasteiger partial charge in [-0.3, -0.25) is 14.9 Å². The highest BCUT2D eigenvalue weighted by Gasteiger charge is 2.33. The van der Waals surface area contributed by atoms with Crippen LogP contribution in [0, 0.1) is 5.92 Å². The lowest BCUT2D eigenvalue weighted by atomic mass is 9.95. The van der Waals surface area contributed by atoms with Gasteiger partial charge in [-0.05, 0) is 38.3 Å². The Morgan fingerprint density at radius 2 is 1.96 bits per heavy atom. The van der Waals surface area contributed by atoms with Crippen molar-refractivity contribution in [2.75, 3.05) is 11.9 Å². The van der Waals surface area contributed by atoms with E-state index in [9.17, 15) is 9.59 Å². The fourth-order valence-corrected chi connectivity index (χ4v) is 4.28. The summed E-state index contributed by atoms with van der Waals surface area (Å²) in [7, 11) is 0. The summed E-state index contributed by atoms with van der Waals surface area (Å²) in [6.45, 7) is 2.17. The van der Waals surface area contributed by atoms with E-state index < -0.39 is 0 Å². The number of aromatic nitrogens is 2. The second-order valence-corrected chi connectivity index (χ2v) is 7.58. The first-order chi connectivity index (χ1) is 12.6. The molecular weight excluding hydrogens is 328 g/mol. The van der Waals surface area contributed by atoms with Gasteiger partial charge in [0.2, 0.25) is 11.9 Å². The maximum absolute atomic E-state index is 12.8. The number of ketones is 1. The molecule has 1 amide bonds. The molecule has 4 rings (SSSR count). The van der Waals surface area contributed by atoms with Gasteiger partial charge in [-0.15, -0.1) is 0 Å². The van der Waals surface area contributed by atoms with E-state index in [1.54, 1.807) is 6.92 Å². The quantitative estimate of drug-likeness (QED) is 0.885. The van der Waals surface area contributed by atoms with Crippen molar-refractivity contribution < 1.29 is 9.59 Å². The van der Waals surface area contributed by atoms with Gasteiger partial charge in [0.05, 0.1) is 17.1 Å². The Labute approximate surface area is 153 Å². The van der Waals surface area contributed by atoms with E-state index in [0.29, 0.717) is 25.0 Å². The SMILES string of the molecule is CC(=O)C1CNC(C(=O)Nc2nc3ccccc3n2C2CCCCC2)C1. The Kier molecular flexibility index (Phi) is 4.76. The number of hydrogen-bond donors (Lipinski definition) is 2. The van der Waals surface area contributed by atoms with Crippen LogP contribution in [0.25, 0.3) is 11.0 Å². The third kappa shape index (κ3) is 3.26. The number of nitrogens with zero attached hydrogens (tertiary/aromatic N) is 2.